The fourth-order valence-electron chi connectivity index (χ4n) is 2.31. The Morgan fingerprint density at radius 2 is 1.78 bits per heavy atom. The van der Waals surface area contributed by atoms with Gasteiger partial charge in [-0.1, -0.05) is 18.2 Å². The van der Waals surface area contributed by atoms with Crippen LogP contribution in [0.1, 0.15) is 11.1 Å². The normalized spacial score (nSPS) is 9.31. The van der Waals surface area contributed by atoms with E-state index in [0.29, 0.717) is 19.3 Å². The maximum absolute atomic E-state index is 9.50. The van der Waals surface area contributed by atoms with Crippen molar-refractivity contribution < 1.29 is 13.9 Å². The Morgan fingerprint density at radius 3 is 2.34 bits per heavy atom. The van der Waals surface area contributed by atoms with E-state index in [2.05, 4.69) is 21.6 Å². The number of hydrogen-bond acceptors (Lipinski definition) is 6. The zero-order chi connectivity index (χ0) is 23.9. The first-order chi connectivity index (χ1) is 15.5. The molecule has 2 N–H and O–H groups in total. The van der Waals surface area contributed by atoms with Crippen molar-refractivity contribution in [1.82, 2.24) is 4.98 Å². The van der Waals surface area contributed by atoms with Gasteiger partial charge >= 0.3 is 0 Å². The molecule has 1 aromatic heterocycles. The van der Waals surface area contributed by atoms with Crippen LogP contribution < -0.4 is 14.8 Å². The van der Waals surface area contributed by atoms with E-state index < -0.39 is 0 Å². The van der Waals surface area contributed by atoms with Crippen LogP contribution in [0, 0.1) is 13.8 Å². The highest BCUT2D eigenvalue weighted by atomic mass is 35.5. The van der Waals surface area contributed by atoms with Gasteiger partial charge in [-0.2, -0.15) is 0 Å². The molecule has 32 heavy (non-hydrogen) atoms. The van der Waals surface area contributed by atoms with Crippen molar-refractivity contribution in [3.05, 3.63) is 83.5 Å². The maximum Gasteiger partial charge on any atom is 0.243 e. The van der Waals surface area contributed by atoms with Crippen LogP contribution in [-0.4, -0.2) is 25.5 Å². The number of ether oxygens (including phenoxy) is 1. The van der Waals surface area contributed by atoms with Gasteiger partial charge in [0.2, 0.25) is 5.88 Å². The second kappa shape index (κ2) is 14.9. The van der Waals surface area contributed by atoms with Gasteiger partial charge in [0, 0.05) is 28.9 Å². The Morgan fingerprint density at radius 1 is 1.12 bits per heavy atom. The third-order valence-electron chi connectivity index (χ3n) is 3.85. The fraction of sp³-hybridized carbons (Fsp3) is 0.167. The number of nitrogens with zero attached hydrogens (tertiary/aromatic N) is 1. The minimum absolute atomic E-state index is 0.500. The quantitative estimate of drug-likeness (QED) is 0.213. The molecule has 0 spiro atoms. The van der Waals surface area contributed by atoms with Crippen molar-refractivity contribution in [2.24, 2.45) is 0 Å². The largest absolute Gasteiger partial charge is 0.437 e. The van der Waals surface area contributed by atoms with Gasteiger partial charge < -0.3 is 14.8 Å². The van der Waals surface area contributed by atoms with E-state index in [0.717, 1.165) is 38.2 Å². The van der Waals surface area contributed by atoms with Gasteiger partial charge in [-0.25, -0.2) is 4.98 Å². The van der Waals surface area contributed by atoms with Gasteiger partial charge in [0.15, 0.2) is 0 Å². The average molecular weight is 476 g/mol. The highest BCUT2D eigenvalue weighted by Gasteiger charge is 2.09. The molecular weight excluding hydrogens is 449 g/mol. The van der Waals surface area contributed by atoms with Crippen LogP contribution in [0.3, 0.4) is 0 Å². The highest BCUT2D eigenvalue weighted by molar-refractivity contribution is 8.00. The van der Waals surface area contributed by atoms with Crippen LogP contribution in [0.5, 0.6) is 11.6 Å². The average Bonchev–Trinajstić information content (AvgIpc) is 2.83. The molecule has 2 aromatic carbocycles. The number of halogens is 2. The van der Waals surface area contributed by atoms with Crippen molar-refractivity contribution >= 4 is 41.2 Å². The van der Waals surface area contributed by atoms with Crippen LogP contribution in [0.2, 0.25) is 5.02 Å². The summed E-state index contributed by atoms with van der Waals surface area (Å²) < 4.78 is 18.8. The molecule has 3 rings (SSSR count). The molecule has 0 radical (unpaired) electrons. The molecule has 3 aromatic rings. The SMILES string of the molecule is C=CC=O.CF.CNc1ccc(Oc2ncc(C)cc2NSc2ccc(Cl)c(C)c2)cc1. The van der Waals surface area contributed by atoms with Gasteiger partial charge in [-0.3, -0.25) is 9.18 Å². The number of alkyl halides is 1. The number of benzene rings is 2. The van der Waals surface area contributed by atoms with Crippen molar-refractivity contribution in [1.29, 1.82) is 0 Å². The predicted octanol–water partition coefficient (Wildman–Crippen LogP) is 7.26. The summed E-state index contributed by atoms with van der Waals surface area (Å²) in [5, 5.41) is 3.85. The number of aryl methyl sites for hydroxylation is 2. The third kappa shape index (κ3) is 8.99. The summed E-state index contributed by atoms with van der Waals surface area (Å²) in [6.45, 7) is 7.10. The highest BCUT2D eigenvalue weighted by Crippen LogP contribution is 2.32. The van der Waals surface area contributed by atoms with E-state index >= 15 is 0 Å². The number of allylic oxidation sites excluding steroid dienone is 1. The lowest BCUT2D eigenvalue weighted by atomic mass is 10.2. The monoisotopic (exact) mass is 475 g/mol. The summed E-state index contributed by atoms with van der Waals surface area (Å²) in [7, 11) is 2.38. The minimum Gasteiger partial charge on any atom is -0.437 e. The molecular formula is C24H27ClFN3O2S. The number of hydrogen-bond donors (Lipinski definition) is 2. The Labute approximate surface area is 198 Å². The number of aromatic nitrogens is 1. The lowest BCUT2D eigenvalue weighted by Crippen LogP contribution is -1.96. The molecule has 0 bridgehead atoms. The second-order valence-electron chi connectivity index (χ2n) is 6.23. The van der Waals surface area contributed by atoms with Crippen molar-refractivity contribution in [3.8, 4) is 11.6 Å². The molecule has 0 amide bonds. The molecule has 0 aliphatic heterocycles. The van der Waals surface area contributed by atoms with Crippen LogP contribution in [0.4, 0.5) is 15.8 Å². The lowest BCUT2D eigenvalue weighted by Gasteiger charge is -2.13. The van der Waals surface area contributed by atoms with Gasteiger partial charge in [-0.05, 0) is 91.5 Å². The van der Waals surface area contributed by atoms with Gasteiger partial charge in [0.1, 0.15) is 17.7 Å². The summed E-state index contributed by atoms with van der Waals surface area (Å²) in [4.78, 5) is 14.5. The second-order valence-corrected chi connectivity index (χ2v) is 7.52. The maximum atomic E-state index is 9.50. The first-order valence-corrected chi connectivity index (χ1v) is 10.7. The molecule has 0 saturated heterocycles. The van der Waals surface area contributed by atoms with Crippen molar-refractivity contribution in [3.63, 3.8) is 0 Å². The van der Waals surface area contributed by atoms with Gasteiger partial charge in [-0.15, -0.1) is 0 Å². The zero-order valence-corrected chi connectivity index (χ0v) is 20.1. The van der Waals surface area contributed by atoms with Crippen LogP contribution in [0.25, 0.3) is 0 Å². The minimum atomic E-state index is 0.500. The molecule has 0 aliphatic rings. The Hall–Kier alpha value is -3.03. The Bertz CT molecular complexity index is 995. The van der Waals surface area contributed by atoms with E-state index in [9.17, 15) is 4.39 Å². The fourth-order valence-corrected chi connectivity index (χ4v) is 3.17. The summed E-state index contributed by atoms with van der Waals surface area (Å²) >= 11 is 7.59. The number of pyridine rings is 1. The van der Waals surface area contributed by atoms with Crippen LogP contribution >= 0.6 is 23.5 Å². The van der Waals surface area contributed by atoms with Gasteiger partial charge in [0.25, 0.3) is 0 Å². The molecule has 0 fully saturated rings. The van der Waals surface area contributed by atoms with Crippen LogP contribution in [-0.2, 0) is 4.79 Å². The van der Waals surface area contributed by atoms with E-state index in [1.807, 2.05) is 69.4 Å². The lowest BCUT2D eigenvalue weighted by molar-refractivity contribution is -0.104. The third-order valence-corrected chi connectivity index (χ3v) is 5.09. The number of carbonyl (C=O) groups excluding carboxylic acids is 1. The molecule has 0 saturated carbocycles. The molecule has 0 aliphatic carbocycles. The Kier molecular flexibility index (Phi) is 12.6. The summed E-state index contributed by atoms with van der Waals surface area (Å²) in [5.74, 6) is 1.27. The van der Waals surface area contributed by atoms with Crippen molar-refractivity contribution in [2.45, 2.75) is 18.7 Å². The number of aldehydes is 1. The molecule has 0 atom stereocenters. The molecule has 0 unspecified atom stereocenters. The number of nitrogens with one attached hydrogen (secondary N) is 2. The van der Waals surface area contributed by atoms with E-state index in [-0.39, 0.29) is 0 Å². The molecule has 170 valence electrons. The molecule has 5 nitrogen and oxygen atoms in total. The van der Waals surface area contributed by atoms with Crippen LogP contribution in [0.15, 0.2) is 72.3 Å². The molecule has 1 heterocycles. The van der Waals surface area contributed by atoms with E-state index in [1.54, 1.807) is 6.20 Å². The standard InChI is InChI=1S/C20H20ClN3OS.C3H4O.CH3F/c1-13-10-19(24-26-17-8-9-18(21)14(2)11-17)20(23-12-13)25-16-6-4-15(22-3)5-7-16;1-2-3-4;1-2/h4-12,22,24H,1-3H3;2-3H,1H2;1H3. The summed E-state index contributed by atoms with van der Waals surface area (Å²) in [5.41, 5.74) is 3.95. The zero-order valence-electron chi connectivity index (χ0n) is 18.5. The van der Waals surface area contributed by atoms with Gasteiger partial charge in [0.05, 0.1) is 7.18 Å². The summed E-state index contributed by atoms with van der Waals surface area (Å²) in [6.07, 6.45) is 3.62. The predicted molar refractivity (Wildman–Crippen MR) is 134 cm³/mol. The van der Waals surface area contributed by atoms with E-state index in [4.69, 9.17) is 21.1 Å². The first-order valence-electron chi connectivity index (χ1n) is 9.52. The number of anilines is 2. The van der Waals surface area contributed by atoms with E-state index in [1.165, 1.54) is 18.0 Å². The van der Waals surface area contributed by atoms with Crippen molar-refractivity contribution in [2.75, 3.05) is 24.3 Å². The summed E-state index contributed by atoms with van der Waals surface area (Å²) in [6, 6.07) is 15.7. The smallest absolute Gasteiger partial charge is 0.243 e. The molecule has 8 heteroatoms. The Balaban J connectivity index is 0.000000769. The topological polar surface area (TPSA) is 63.2 Å². The number of carbonyl (C=O) groups is 1. The first kappa shape index (κ1) is 27.0. The number of rotatable bonds is 7.